The van der Waals surface area contributed by atoms with Gasteiger partial charge < -0.3 is 9.64 Å². The van der Waals surface area contributed by atoms with Crippen molar-refractivity contribution >= 4 is 34.5 Å². The molecular weight excluding hydrogens is 338 g/mol. The first-order valence-corrected chi connectivity index (χ1v) is 9.11. The summed E-state index contributed by atoms with van der Waals surface area (Å²) >= 11 is 1.40. The summed E-state index contributed by atoms with van der Waals surface area (Å²) in [6, 6.07) is 7.46. The van der Waals surface area contributed by atoms with E-state index in [0.29, 0.717) is 22.2 Å². The lowest BCUT2D eigenvalue weighted by atomic mass is 9.95. The van der Waals surface area contributed by atoms with E-state index in [1.807, 2.05) is 43.3 Å². The number of esters is 1. The Bertz CT molecular complexity index is 768. The lowest BCUT2D eigenvalue weighted by Gasteiger charge is -2.29. The molecule has 0 spiro atoms. The van der Waals surface area contributed by atoms with Crippen LogP contribution < -0.4 is 4.90 Å². The second-order valence-electron chi connectivity index (χ2n) is 6.04. The molecule has 1 amide bonds. The van der Waals surface area contributed by atoms with E-state index >= 15 is 0 Å². The molecule has 2 aliphatic rings. The van der Waals surface area contributed by atoms with Crippen molar-refractivity contribution in [3.63, 3.8) is 0 Å². The summed E-state index contributed by atoms with van der Waals surface area (Å²) < 4.78 is 5.23. The molecule has 2 heterocycles. The highest BCUT2D eigenvalue weighted by Gasteiger charge is 2.40. The van der Waals surface area contributed by atoms with Gasteiger partial charge in [-0.15, -0.1) is 0 Å². The first-order valence-electron chi connectivity index (χ1n) is 8.12. The third kappa shape index (κ3) is 3.16. The number of rotatable bonds is 4. The van der Waals surface area contributed by atoms with Crippen molar-refractivity contribution in [1.29, 1.82) is 0 Å². The van der Waals surface area contributed by atoms with E-state index in [4.69, 9.17) is 4.74 Å². The number of hydrogen-bond acceptors (Lipinski definition) is 6. The Balaban J connectivity index is 2.05. The molecule has 132 valence electrons. The maximum Gasteiger partial charge on any atom is 0.338 e. The number of aliphatic imine (C=N–C) groups is 1. The summed E-state index contributed by atoms with van der Waals surface area (Å²) in [7, 11) is 3.95. The smallest absolute Gasteiger partial charge is 0.338 e. The van der Waals surface area contributed by atoms with Crippen LogP contribution in [0.15, 0.2) is 40.5 Å². The molecule has 0 bridgehead atoms. The first-order chi connectivity index (χ1) is 11.9. The van der Waals surface area contributed by atoms with Crippen LogP contribution >= 0.6 is 11.8 Å². The van der Waals surface area contributed by atoms with Crippen LogP contribution in [0.2, 0.25) is 0 Å². The Morgan fingerprint density at radius 2 is 2.04 bits per heavy atom. The lowest BCUT2D eigenvalue weighted by molar-refractivity contribution is -0.139. The molecule has 0 unspecified atom stereocenters. The van der Waals surface area contributed by atoms with Gasteiger partial charge >= 0.3 is 5.97 Å². The molecule has 7 heteroatoms. The Morgan fingerprint density at radius 3 is 2.64 bits per heavy atom. The van der Waals surface area contributed by atoms with Gasteiger partial charge in [0.05, 0.1) is 17.9 Å². The molecule has 1 saturated heterocycles. The minimum Gasteiger partial charge on any atom is -0.463 e. The molecule has 25 heavy (non-hydrogen) atoms. The second-order valence-corrected chi connectivity index (χ2v) is 6.98. The zero-order chi connectivity index (χ0) is 18.1. The molecule has 1 atom stereocenters. The van der Waals surface area contributed by atoms with E-state index in [-0.39, 0.29) is 12.5 Å². The van der Waals surface area contributed by atoms with Crippen LogP contribution in [0.1, 0.15) is 25.5 Å². The van der Waals surface area contributed by atoms with Crippen molar-refractivity contribution in [3.05, 3.63) is 41.1 Å². The fourth-order valence-corrected chi connectivity index (χ4v) is 3.87. The maximum absolute atomic E-state index is 12.6. The molecule has 3 rings (SSSR count). The van der Waals surface area contributed by atoms with Gasteiger partial charge in [0.2, 0.25) is 5.91 Å². The number of thioether (sulfide) groups is 1. The van der Waals surface area contributed by atoms with Crippen molar-refractivity contribution in [2.75, 3.05) is 31.4 Å². The minimum absolute atomic E-state index is 0.0514. The third-order valence-corrected chi connectivity index (χ3v) is 5.16. The molecule has 1 aromatic rings. The highest BCUT2D eigenvalue weighted by Crippen LogP contribution is 2.39. The maximum atomic E-state index is 12.6. The molecule has 1 aromatic carbocycles. The molecule has 0 radical (unpaired) electrons. The van der Waals surface area contributed by atoms with E-state index in [1.54, 1.807) is 13.8 Å². The number of amides is 1. The Labute approximate surface area is 151 Å². The molecule has 0 N–H and O–H groups in total. The summed E-state index contributed by atoms with van der Waals surface area (Å²) in [6.07, 6.45) is 0. The van der Waals surface area contributed by atoms with Gasteiger partial charge in [0.25, 0.3) is 0 Å². The summed E-state index contributed by atoms with van der Waals surface area (Å²) in [5.41, 5.74) is 3.01. The van der Waals surface area contributed by atoms with Crippen LogP contribution in [0.5, 0.6) is 0 Å². The molecule has 0 aromatic heterocycles. The Kier molecular flexibility index (Phi) is 4.85. The zero-order valence-corrected chi connectivity index (χ0v) is 15.6. The average Bonchev–Trinajstić information content (AvgIpc) is 2.96. The number of hydrogen-bond donors (Lipinski definition) is 0. The van der Waals surface area contributed by atoms with Crippen LogP contribution in [-0.2, 0) is 14.3 Å². The minimum atomic E-state index is -0.458. The van der Waals surface area contributed by atoms with Crippen LogP contribution in [0, 0.1) is 0 Å². The highest BCUT2D eigenvalue weighted by molar-refractivity contribution is 8.15. The number of fused-ring (bicyclic) bond motifs is 1. The number of amidine groups is 1. The van der Waals surface area contributed by atoms with Gasteiger partial charge in [-0.25, -0.2) is 9.79 Å². The number of benzene rings is 1. The number of carbonyl (C=O) groups excluding carboxylic acids is 2. The molecule has 2 aliphatic heterocycles. The van der Waals surface area contributed by atoms with Gasteiger partial charge in [0, 0.05) is 25.5 Å². The van der Waals surface area contributed by atoms with Gasteiger partial charge in [0.1, 0.15) is 6.04 Å². The van der Waals surface area contributed by atoms with Gasteiger partial charge in [-0.3, -0.25) is 9.69 Å². The number of allylic oxidation sites excluding steroid dienone is 1. The summed E-state index contributed by atoms with van der Waals surface area (Å²) in [6.45, 7) is 3.83. The third-order valence-electron chi connectivity index (χ3n) is 4.22. The summed E-state index contributed by atoms with van der Waals surface area (Å²) in [4.78, 5) is 32.9. The van der Waals surface area contributed by atoms with Crippen LogP contribution in [0.4, 0.5) is 5.69 Å². The van der Waals surface area contributed by atoms with Crippen molar-refractivity contribution in [2.24, 2.45) is 4.99 Å². The predicted octanol–water partition coefficient (Wildman–Crippen LogP) is 2.58. The van der Waals surface area contributed by atoms with Gasteiger partial charge in [-0.05, 0) is 31.5 Å². The van der Waals surface area contributed by atoms with E-state index in [1.165, 1.54) is 16.7 Å². The highest BCUT2D eigenvalue weighted by atomic mass is 32.2. The quantitative estimate of drug-likeness (QED) is 0.773. The van der Waals surface area contributed by atoms with Crippen LogP contribution in [-0.4, -0.2) is 48.4 Å². The van der Waals surface area contributed by atoms with Crippen LogP contribution in [0.25, 0.3) is 0 Å². The summed E-state index contributed by atoms with van der Waals surface area (Å²) in [5.74, 6) is -0.128. The van der Waals surface area contributed by atoms with Gasteiger partial charge in [-0.1, -0.05) is 23.9 Å². The normalized spacial score (nSPS) is 19.7. The Morgan fingerprint density at radius 1 is 1.36 bits per heavy atom. The predicted molar refractivity (Wildman–Crippen MR) is 99.6 cm³/mol. The second kappa shape index (κ2) is 6.92. The van der Waals surface area contributed by atoms with Crippen molar-refractivity contribution in [1.82, 2.24) is 4.90 Å². The SMILES string of the molecule is CCOC(=O)C1=C(C)N2C(=O)CSC2=N[C@H]1c1ccc(N(C)C)cc1. The zero-order valence-electron chi connectivity index (χ0n) is 14.8. The molecular formula is C18H21N3O3S. The monoisotopic (exact) mass is 359 g/mol. The fourth-order valence-electron chi connectivity index (χ4n) is 2.95. The first kappa shape index (κ1) is 17.5. The van der Waals surface area contributed by atoms with E-state index in [2.05, 4.69) is 4.99 Å². The standard InChI is InChI=1S/C18H21N3O3S/c1-5-24-17(23)15-11(2)21-14(22)10-25-18(21)19-16(15)12-6-8-13(9-7-12)20(3)4/h6-9,16H,5,10H2,1-4H3/t16-/m0/s1. The molecule has 6 nitrogen and oxygen atoms in total. The van der Waals surface area contributed by atoms with E-state index < -0.39 is 12.0 Å². The van der Waals surface area contributed by atoms with Crippen LogP contribution in [0.3, 0.4) is 0 Å². The molecule has 1 fully saturated rings. The number of nitrogens with zero attached hydrogens (tertiary/aromatic N) is 3. The molecule has 0 aliphatic carbocycles. The van der Waals surface area contributed by atoms with Crippen molar-refractivity contribution < 1.29 is 14.3 Å². The van der Waals surface area contributed by atoms with E-state index in [0.717, 1.165) is 11.3 Å². The summed E-state index contributed by atoms with van der Waals surface area (Å²) in [5, 5.41) is 0.650. The van der Waals surface area contributed by atoms with E-state index in [9.17, 15) is 9.59 Å². The lowest BCUT2D eigenvalue weighted by Crippen LogP contribution is -2.35. The number of anilines is 1. The molecule has 0 saturated carbocycles. The topological polar surface area (TPSA) is 62.2 Å². The van der Waals surface area contributed by atoms with Gasteiger partial charge in [-0.2, -0.15) is 0 Å². The Hall–Kier alpha value is -2.28. The van der Waals surface area contributed by atoms with Crippen molar-refractivity contribution in [3.8, 4) is 0 Å². The largest absolute Gasteiger partial charge is 0.463 e. The van der Waals surface area contributed by atoms with Gasteiger partial charge in [0.15, 0.2) is 5.17 Å². The number of ether oxygens (including phenoxy) is 1. The van der Waals surface area contributed by atoms with Crippen molar-refractivity contribution in [2.45, 2.75) is 19.9 Å². The number of carbonyl (C=O) groups is 2. The fraction of sp³-hybridized carbons (Fsp3) is 0.389. The average molecular weight is 359 g/mol.